The van der Waals surface area contributed by atoms with Crippen LogP contribution in [0.5, 0.6) is 0 Å². The molecule has 1 aliphatic rings. The SMILES string of the molecule is Cc1ccc(C2CCCN2CC(=O)Nc2ccccc2C(=O)NCc2ccco2)s1. The number of amides is 2. The van der Waals surface area contributed by atoms with Crippen molar-refractivity contribution in [3.8, 4) is 0 Å². The molecule has 3 aromatic rings. The highest BCUT2D eigenvalue weighted by atomic mass is 32.1. The number of carbonyl (C=O) groups is 2. The van der Waals surface area contributed by atoms with Crippen LogP contribution in [0.4, 0.5) is 5.69 Å². The maximum absolute atomic E-state index is 12.8. The number of thiophene rings is 1. The molecule has 2 amide bonds. The summed E-state index contributed by atoms with van der Waals surface area (Å²) in [6, 6.07) is 15.2. The van der Waals surface area contributed by atoms with Gasteiger partial charge in [0, 0.05) is 15.8 Å². The molecule has 30 heavy (non-hydrogen) atoms. The fourth-order valence-corrected chi connectivity index (χ4v) is 4.86. The van der Waals surface area contributed by atoms with Gasteiger partial charge in [-0.15, -0.1) is 11.3 Å². The molecule has 1 atom stereocenters. The van der Waals surface area contributed by atoms with Crippen molar-refractivity contribution >= 4 is 28.8 Å². The Hall–Kier alpha value is -2.90. The molecule has 2 N–H and O–H groups in total. The summed E-state index contributed by atoms with van der Waals surface area (Å²) in [4.78, 5) is 30.2. The monoisotopic (exact) mass is 423 g/mol. The van der Waals surface area contributed by atoms with E-state index in [9.17, 15) is 9.59 Å². The highest BCUT2D eigenvalue weighted by Gasteiger charge is 2.28. The van der Waals surface area contributed by atoms with Crippen molar-refractivity contribution in [1.82, 2.24) is 10.2 Å². The van der Waals surface area contributed by atoms with Crippen LogP contribution >= 0.6 is 11.3 Å². The van der Waals surface area contributed by atoms with Crippen molar-refractivity contribution in [2.75, 3.05) is 18.4 Å². The Labute approximate surface area is 179 Å². The van der Waals surface area contributed by atoms with Gasteiger partial charge < -0.3 is 15.1 Å². The molecule has 7 heteroatoms. The topological polar surface area (TPSA) is 74.6 Å². The summed E-state index contributed by atoms with van der Waals surface area (Å²) in [5, 5.41) is 5.75. The summed E-state index contributed by atoms with van der Waals surface area (Å²) in [5.41, 5.74) is 0.950. The number of likely N-dealkylation sites (tertiary alicyclic amines) is 1. The van der Waals surface area contributed by atoms with Crippen LogP contribution in [0.2, 0.25) is 0 Å². The zero-order valence-corrected chi connectivity index (χ0v) is 17.7. The number of benzene rings is 1. The first kappa shape index (κ1) is 20.4. The predicted octanol–water partition coefficient (Wildman–Crippen LogP) is 4.36. The van der Waals surface area contributed by atoms with Gasteiger partial charge >= 0.3 is 0 Å². The third-order valence-electron chi connectivity index (χ3n) is 5.25. The van der Waals surface area contributed by atoms with E-state index in [1.807, 2.05) is 6.07 Å². The van der Waals surface area contributed by atoms with E-state index in [4.69, 9.17) is 4.42 Å². The molecule has 1 fully saturated rings. The predicted molar refractivity (Wildman–Crippen MR) is 118 cm³/mol. The first-order valence-corrected chi connectivity index (χ1v) is 10.9. The molecule has 1 aromatic carbocycles. The molecule has 0 radical (unpaired) electrons. The van der Waals surface area contributed by atoms with Gasteiger partial charge in [-0.05, 0) is 62.7 Å². The smallest absolute Gasteiger partial charge is 0.253 e. The van der Waals surface area contributed by atoms with Crippen LogP contribution in [0.1, 0.15) is 44.8 Å². The summed E-state index contributed by atoms with van der Waals surface area (Å²) < 4.78 is 5.25. The van der Waals surface area contributed by atoms with Gasteiger partial charge in [0.25, 0.3) is 5.91 Å². The van der Waals surface area contributed by atoms with Gasteiger partial charge in [0.2, 0.25) is 5.91 Å². The zero-order valence-electron chi connectivity index (χ0n) is 16.9. The number of aryl methyl sites for hydroxylation is 1. The zero-order chi connectivity index (χ0) is 20.9. The Kier molecular flexibility index (Phi) is 6.30. The summed E-state index contributed by atoms with van der Waals surface area (Å²) in [7, 11) is 0. The van der Waals surface area contributed by atoms with Gasteiger partial charge in [0.05, 0.1) is 30.6 Å². The molecular weight excluding hydrogens is 398 g/mol. The summed E-state index contributed by atoms with van der Waals surface area (Å²) in [6.45, 7) is 3.61. The molecule has 1 saturated heterocycles. The highest BCUT2D eigenvalue weighted by Crippen LogP contribution is 2.35. The lowest BCUT2D eigenvalue weighted by molar-refractivity contribution is -0.117. The van der Waals surface area contributed by atoms with E-state index in [0.29, 0.717) is 36.1 Å². The van der Waals surface area contributed by atoms with Crippen LogP contribution < -0.4 is 10.6 Å². The van der Waals surface area contributed by atoms with Gasteiger partial charge in [-0.1, -0.05) is 12.1 Å². The van der Waals surface area contributed by atoms with Crippen molar-refractivity contribution < 1.29 is 14.0 Å². The fourth-order valence-electron chi connectivity index (χ4n) is 3.81. The van der Waals surface area contributed by atoms with Crippen molar-refractivity contribution in [3.05, 3.63) is 75.9 Å². The highest BCUT2D eigenvalue weighted by molar-refractivity contribution is 7.12. The first-order valence-electron chi connectivity index (χ1n) is 10.1. The average Bonchev–Trinajstić information content (AvgIpc) is 3.48. The molecule has 0 saturated carbocycles. The molecule has 2 aromatic heterocycles. The number of furan rings is 1. The number of carbonyl (C=O) groups excluding carboxylic acids is 2. The van der Waals surface area contributed by atoms with Crippen LogP contribution in [-0.2, 0) is 11.3 Å². The third-order valence-corrected chi connectivity index (χ3v) is 6.35. The molecule has 0 spiro atoms. The van der Waals surface area contributed by atoms with Crippen molar-refractivity contribution in [2.24, 2.45) is 0 Å². The molecule has 1 aliphatic heterocycles. The quantitative estimate of drug-likeness (QED) is 0.592. The molecule has 4 rings (SSSR count). The molecule has 3 heterocycles. The lowest BCUT2D eigenvalue weighted by atomic mass is 10.1. The summed E-state index contributed by atoms with van der Waals surface area (Å²) >= 11 is 1.80. The van der Waals surface area contributed by atoms with E-state index in [1.54, 1.807) is 47.9 Å². The van der Waals surface area contributed by atoms with Gasteiger partial charge in [-0.3, -0.25) is 14.5 Å². The van der Waals surface area contributed by atoms with E-state index in [2.05, 4.69) is 34.6 Å². The molecule has 0 aliphatic carbocycles. The molecule has 156 valence electrons. The minimum atomic E-state index is -0.254. The van der Waals surface area contributed by atoms with Gasteiger partial charge in [-0.2, -0.15) is 0 Å². The van der Waals surface area contributed by atoms with Crippen LogP contribution in [-0.4, -0.2) is 29.8 Å². The Morgan fingerprint density at radius 3 is 2.80 bits per heavy atom. The number of para-hydroxylation sites is 1. The Morgan fingerprint density at radius 2 is 2.03 bits per heavy atom. The van der Waals surface area contributed by atoms with Crippen molar-refractivity contribution in [2.45, 2.75) is 32.4 Å². The lowest BCUT2D eigenvalue weighted by Crippen LogP contribution is -2.33. The summed E-state index contributed by atoms with van der Waals surface area (Å²) in [5.74, 6) is 0.311. The van der Waals surface area contributed by atoms with Gasteiger partial charge in [0.15, 0.2) is 0 Å². The standard InChI is InChI=1S/C23H25N3O3S/c1-16-10-11-21(30-16)20-9-4-12-26(20)15-22(27)25-19-8-3-2-7-18(19)23(28)24-14-17-6-5-13-29-17/h2-3,5-8,10-11,13,20H,4,9,12,14-15H2,1H3,(H,24,28)(H,25,27). The van der Waals surface area contributed by atoms with Crippen LogP contribution in [0.3, 0.4) is 0 Å². The Morgan fingerprint density at radius 1 is 1.17 bits per heavy atom. The maximum atomic E-state index is 12.8. The second-order valence-corrected chi connectivity index (χ2v) is 8.75. The van der Waals surface area contributed by atoms with Crippen LogP contribution in [0.25, 0.3) is 0 Å². The number of anilines is 1. The second kappa shape index (κ2) is 9.28. The minimum absolute atomic E-state index is 0.110. The fraction of sp³-hybridized carbons (Fsp3) is 0.304. The molecular formula is C23H25N3O3S. The largest absolute Gasteiger partial charge is 0.467 e. The van der Waals surface area contributed by atoms with E-state index >= 15 is 0 Å². The first-order chi connectivity index (χ1) is 14.6. The number of nitrogens with one attached hydrogen (secondary N) is 2. The van der Waals surface area contributed by atoms with Crippen LogP contribution in [0.15, 0.2) is 59.2 Å². The van der Waals surface area contributed by atoms with E-state index in [1.165, 1.54) is 9.75 Å². The van der Waals surface area contributed by atoms with Crippen LogP contribution in [0, 0.1) is 6.92 Å². The number of rotatable bonds is 7. The van der Waals surface area contributed by atoms with Crippen molar-refractivity contribution in [3.63, 3.8) is 0 Å². The number of hydrogen-bond acceptors (Lipinski definition) is 5. The van der Waals surface area contributed by atoms with E-state index < -0.39 is 0 Å². The Balaban J connectivity index is 1.39. The average molecular weight is 424 g/mol. The lowest BCUT2D eigenvalue weighted by Gasteiger charge is -2.23. The van der Waals surface area contributed by atoms with E-state index in [-0.39, 0.29) is 11.8 Å². The molecule has 1 unspecified atom stereocenters. The van der Waals surface area contributed by atoms with E-state index in [0.717, 1.165) is 19.4 Å². The maximum Gasteiger partial charge on any atom is 0.253 e. The molecule has 6 nitrogen and oxygen atoms in total. The van der Waals surface area contributed by atoms with Gasteiger partial charge in [0.1, 0.15) is 5.76 Å². The Bertz CT molecular complexity index is 1010. The second-order valence-electron chi connectivity index (χ2n) is 7.43. The van der Waals surface area contributed by atoms with Crippen molar-refractivity contribution in [1.29, 1.82) is 0 Å². The summed E-state index contributed by atoms with van der Waals surface area (Å²) in [6.07, 6.45) is 3.72. The molecule has 0 bridgehead atoms. The number of nitrogens with zero attached hydrogens (tertiary/aromatic N) is 1. The number of hydrogen-bond donors (Lipinski definition) is 2. The normalized spacial score (nSPS) is 16.5. The third kappa shape index (κ3) is 4.80. The minimum Gasteiger partial charge on any atom is -0.467 e. The van der Waals surface area contributed by atoms with Gasteiger partial charge in [-0.25, -0.2) is 0 Å².